The molecule has 0 aliphatic heterocycles. The number of anilines is 1. The van der Waals surface area contributed by atoms with E-state index in [2.05, 4.69) is 4.98 Å². The average molecular weight is 335 g/mol. The maximum Gasteiger partial charge on any atom is 0.418 e. The second-order valence-corrected chi connectivity index (χ2v) is 6.03. The molecule has 0 saturated heterocycles. The molecule has 21 heavy (non-hydrogen) atoms. The standard InChI is InChI=1S/C14H14ClF3N2S/c1-9-19-11(8-21-9)7-20(2)13-4-3-10(6-15)5-12(13)14(16,17)18/h3-5,8H,6-7H2,1-2H3. The Bertz CT molecular complexity index is 625. The highest BCUT2D eigenvalue weighted by Gasteiger charge is 2.34. The minimum absolute atomic E-state index is 0.0539. The van der Waals surface area contributed by atoms with Crippen molar-refractivity contribution in [3.63, 3.8) is 0 Å². The molecule has 0 amide bonds. The first kappa shape index (κ1) is 16.1. The van der Waals surface area contributed by atoms with Crippen LogP contribution in [0.3, 0.4) is 0 Å². The molecule has 0 radical (unpaired) electrons. The quantitative estimate of drug-likeness (QED) is 0.743. The van der Waals surface area contributed by atoms with Gasteiger partial charge in [0.2, 0.25) is 0 Å². The van der Waals surface area contributed by atoms with Crippen LogP contribution in [0.5, 0.6) is 0 Å². The van der Waals surface area contributed by atoms with Gasteiger partial charge < -0.3 is 4.90 Å². The predicted octanol–water partition coefficient (Wildman–Crippen LogP) is 4.85. The molecule has 0 aliphatic rings. The summed E-state index contributed by atoms with van der Waals surface area (Å²) in [5, 5.41) is 2.75. The summed E-state index contributed by atoms with van der Waals surface area (Å²) in [5.74, 6) is 0.0539. The Morgan fingerprint density at radius 2 is 2.05 bits per heavy atom. The summed E-state index contributed by atoms with van der Waals surface area (Å²) in [4.78, 5) is 5.83. The zero-order valence-corrected chi connectivity index (χ0v) is 13.1. The smallest absolute Gasteiger partial charge is 0.368 e. The van der Waals surface area contributed by atoms with Crippen molar-refractivity contribution in [3.05, 3.63) is 45.4 Å². The van der Waals surface area contributed by atoms with Crippen molar-refractivity contribution < 1.29 is 13.2 Å². The third kappa shape index (κ3) is 3.89. The Balaban J connectivity index is 2.33. The van der Waals surface area contributed by atoms with Gasteiger partial charge in [-0.25, -0.2) is 4.98 Å². The van der Waals surface area contributed by atoms with E-state index >= 15 is 0 Å². The predicted molar refractivity (Wildman–Crippen MR) is 80.0 cm³/mol. The van der Waals surface area contributed by atoms with E-state index in [1.54, 1.807) is 18.0 Å². The number of aromatic nitrogens is 1. The highest BCUT2D eigenvalue weighted by atomic mass is 35.5. The fourth-order valence-corrected chi connectivity index (χ4v) is 2.81. The van der Waals surface area contributed by atoms with Crippen LogP contribution in [0, 0.1) is 6.92 Å². The van der Waals surface area contributed by atoms with Crippen molar-refractivity contribution >= 4 is 28.6 Å². The lowest BCUT2D eigenvalue weighted by Gasteiger charge is -2.23. The van der Waals surface area contributed by atoms with Crippen LogP contribution >= 0.6 is 22.9 Å². The minimum Gasteiger partial charge on any atom is -0.368 e. The van der Waals surface area contributed by atoms with Gasteiger partial charge in [0.1, 0.15) is 0 Å². The van der Waals surface area contributed by atoms with Gasteiger partial charge >= 0.3 is 6.18 Å². The molecule has 1 heterocycles. The molecule has 1 aromatic carbocycles. The Morgan fingerprint density at radius 1 is 1.33 bits per heavy atom. The Hall–Kier alpha value is -1.27. The number of halogens is 4. The van der Waals surface area contributed by atoms with E-state index < -0.39 is 11.7 Å². The van der Waals surface area contributed by atoms with Crippen LogP contribution in [0.2, 0.25) is 0 Å². The van der Waals surface area contributed by atoms with Gasteiger partial charge in [0.05, 0.1) is 22.8 Å². The van der Waals surface area contributed by atoms with Crippen molar-refractivity contribution in [2.75, 3.05) is 11.9 Å². The molecule has 2 rings (SSSR count). The van der Waals surface area contributed by atoms with E-state index in [0.717, 1.165) is 16.8 Å². The van der Waals surface area contributed by atoms with Crippen LogP contribution in [0.1, 0.15) is 21.8 Å². The summed E-state index contributed by atoms with van der Waals surface area (Å²) in [6.45, 7) is 2.19. The van der Waals surface area contributed by atoms with Crippen LogP contribution < -0.4 is 4.90 Å². The number of hydrogen-bond acceptors (Lipinski definition) is 3. The van der Waals surface area contributed by atoms with Gasteiger partial charge in [-0.3, -0.25) is 0 Å². The molecule has 2 nitrogen and oxygen atoms in total. The summed E-state index contributed by atoms with van der Waals surface area (Å²) < 4.78 is 39.6. The maximum atomic E-state index is 13.2. The SMILES string of the molecule is Cc1nc(CN(C)c2ccc(CCl)cc2C(F)(F)F)cs1. The normalized spacial score (nSPS) is 11.7. The molecule has 0 fully saturated rings. The van der Waals surface area contributed by atoms with Crippen LogP contribution in [0.4, 0.5) is 18.9 Å². The van der Waals surface area contributed by atoms with Crippen molar-refractivity contribution in [2.24, 2.45) is 0 Å². The largest absolute Gasteiger partial charge is 0.418 e. The fraction of sp³-hybridized carbons (Fsp3) is 0.357. The number of hydrogen-bond donors (Lipinski definition) is 0. The van der Waals surface area contributed by atoms with Gasteiger partial charge in [-0.05, 0) is 24.6 Å². The second-order valence-electron chi connectivity index (χ2n) is 4.70. The summed E-state index contributed by atoms with van der Waals surface area (Å²) in [6.07, 6.45) is -4.41. The van der Waals surface area contributed by atoms with Gasteiger partial charge in [0.25, 0.3) is 0 Å². The molecule has 0 aliphatic carbocycles. The van der Waals surface area contributed by atoms with Crippen molar-refractivity contribution in [2.45, 2.75) is 25.5 Å². The number of rotatable bonds is 4. The molecule has 0 unspecified atom stereocenters. The van der Waals surface area contributed by atoms with E-state index in [4.69, 9.17) is 11.6 Å². The highest BCUT2D eigenvalue weighted by Crippen LogP contribution is 2.37. The van der Waals surface area contributed by atoms with E-state index in [1.165, 1.54) is 17.4 Å². The molecular formula is C14H14ClF3N2S. The summed E-state index contributed by atoms with van der Waals surface area (Å²) in [5.41, 5.74) is 0.664. The molecule has 7 heteroatoms. The Morgan fingerprint density at radius 3 is 2.57 bits per heavy atom. The van der Waals surface area contributed by atoms with Gasteiger partial charge in [0, 0.05) is 24.0 Å². The third-order valence-corrected chi connectivity index (χ3v) is 4.13. The number of alkyl halides is 4. The molecule has 1 aromatic heterocycles. The van der Waals surface area contributed by atoms with Crippen LogP contribution in [0.25, 0.3) is 0 Å². The average Bonchev–Trinajstić information content (AvgIpc) is 2.82. The highest BCUT2D eigenvalue weighted by molar-refractivity contribution is 7.09. The van der Waals surface area contributed by atoms with Crippen LogP contribution in [-0.4, -0.2) is 12.0 Å². The van der Waals surface area contributed by atoms with Crippen LogP contribution in [-0.2, 0) is 18.6 Å². The molecule has 114 valence electrons. The first-order valence-corrected chi connectivity index (χ1v) is 7.61. The molecule has 0 saturated carbocycles. The number of nitrogens with zero attached hydrogens (tertiary/aromatic N) is 2. The van der Waals surface area contributed by atoms with E-state index in [9.17, 15) is 13.2 Å². The number of benzene rings is 1. The topological polar surface area (TPSA) is 16.1 Å². The van der Waals surface area contributed by atoms with Crippen molar-refractivity contribution in [1.29, 1.82) is 0 Å². The number of thiazole rings is 1. The molecular weight excluding hydrogens is 321 g/mol. The number of aryl methyl sites for hydroxylation is 1. The summed E-state index contributed by atoms with van der Waals surface area (Å²) >= 11 is 7.10. The maximum absolute atomic E-state index is 13.2. The molecule has 0 N–H and O–H groups in total. The molecule has 2 aromatic rings. The van der Waals surface area contributed by atoms with Crippen LogP contribution in [0.15, 0.2) is 23.6 Å². The lowest BCUT2D eigenvalue weighted by molar-refractivity contribution is -0.137. The monoisotopic (exact) mass is 334 g/mol. The minimum atomic E-state index is -4.41. The zero-order valence-electron chi connectivity index (χ0n) is 11.5. The lowest BCUT2D eigenvalue weighted by atomic mass is 10.1. The first-order valence-electron chi connectivity index (χ1n) is 6.19. The molecule has 0 atom stereocenters. The van der Waals surface area contributed by atoms with Crippen molar-refractivity contribution in [1.82, 2.24) is 4.98 Å². The van der Waals surface area contributed by atoms with Gasteiger partial charge in [-0.15, -0.1) is 22.9 Å². The Labute approximate surface area is 130 Å². The molecule has 0 spiro atoms. The first-order chi connectivity index (χ1) is 9.81. The van der Waals surface area contributed by atoms with Crippen molar-refractivity contribution in [3.8, 4) is 0 Å². The van der Waals surface area contributed by atoms with E-state index in [-0.39, 0.29) is 11.6 Å². The summed E-state index contributed by atoms with van der Waals surface area (Å²) in [7, 11) is 1.62. The Kier molecular flexibility index (Phi) is 4.78. The third-order valence-electron chi connectivity index (χ3n) is 3.00. The van der Waals surface area contributed by atoms with Gasteiger partial charge in [-0.2, -0.15) is 13.2 Å². The van der Waals surface area contributed by atoms with E-state index in [1.807, 2.05) is 12.3 Å². The summed E-state index contributed by atoms with van der Waals surface area (Å²) in [6, 6.07) is 4.17. The van der Waals surface area contributed by atoms with Gasteiger partial charge in [-0.1, -0.05) is 6.07 Å². The zero-order chi connectivity index (χ0) is 15.6. The van der Waals surface area contributed by atoms with E-state index in [0.29, 0.717) is 12.1 Å². The van der Waals surface area contributed by atoms with Gasteiger partial charge in [0.15, 0.2) is 0 Å². The lowest BCUT2D eigenvalue weighted by Crippen LogP contribution is -2.21. The molecule has 0 bridgehead atoms. The fourth-order valence-electron chi connectivity index (χ4n) is 2.04. The second kappa shape index (κ2) is 6.23.